The molecule has 26 heavy (non-hydrogen) atoms. The quantitative estimate of drug-likeness (QED) is 0.352. The molecule has 6 nitrogen and oxygen atoms in total. The summed E-state index contributed by atoms with van der Waals surface area (Å²) in [5.41, 5.74) is 1.28. The molecule has 7 heteroatoms. The monoisotopic (exact) mass is 365 g/mol. The Labute approximate surface area is 155 Å². The van der Waals surface area contributed by atoms with Gasteiger partial charge in [0.25, 0.3) is 5.91 Å². The van der Waals surface area contributed by atoms with Crippen LogP contribution in [0.25, 0.3) is 6.08 Å². The number of nitriles is 2. The molecule has 0 bridgehead atoms. The number of thiocyanates is 1. The topological polar surface area (TPSA) is 106 Å². The molecule has 0 saturated carbocycles. The normalized spacial score (nSPS) is 10.5. The van der Waals surface area contributed by atoms with E-state index in [-0.39, 0.29) is 22.0 Å². The number of amides is 1. The van der Waals surface area contributed by atoms with Gasteiger partial charge in [-0.1, -0.05) is 30.3 Å². The number of methoxy groups -OCH3 is 1. The van der Waals surface area contributed by atoms with Gasteiger partial charge in [-0.05, 0) is 41.1 Å². The minimum absolute atomic E-state index is 0.0958. The summed E-state index contributed by atoms with van der Waals surface area (Å²) in [7, 11) is 1.38. The average Bonchev–Trinajstić information content (AvgIpc) is 2.67. The van der Waals surface area contributed by atoms with Crippen LogP contribution in [-0.2, 0) is 11.3 Å². The Morgan fingerprint density at radius 3 is 2.65 bits per heavy atom. The number of aromatic hydroxyl groups is 1. The van der Waals surface area contributed by atoms with E-state index in [1.807, 2.05) is 41.8 Å². The number of hydrogen-bond acceptors (Lipinski definition) is 6. The second kappa shape index (κ2) is 9.16. The van der Waals surface area contributed by atoms with Crippen molar-refractivity contribution in [3.8, 4) is 23.0 Å². The van der Waals surface area contributed by atoms with Crippen LogP contribution in [0.4, 0.5) is 0 Å². The van der Waals surface area contributed by atoms with E-state index in [2.05, 4.69) is 5.32 Å². The number of phenolic OH excluding ortho intramolecular Hbond substituents is 1. The number of phenols is 1. The number of hydrogen-bond donors (Lipinski definition) is 2. The number of benzene rings is 2. The summed E-state index contributed by atoms with van der Waals surface area (Å²) in [5, 5.41) is 32.7. The van der Waals surface area contributed by atoms with Crippen molar-refractivity contribution in [2.24, 2.45) is 0 Å². The first kappa shape index (κ1) is 18.9. The van der Waals surface area contributed by atoms with Crippen LogP contribution in [0.2, 0.25) is 0 Å². The number of nitrogens with zero attached hydrogens (tertiary/aromatic N) is 2. The lowest BCUT2D eigenvalue weighted by molar-refractivity contribution is -0.117. The summed E-state index contributed by atoms with van der Waals surface area (Å²) in [6.07, 6.45) is 1.38. The molecule has 0 aliphatic rings. The van der Waals surface area contributed by atoms with Crippen LogP contribution >= 0.6 is 11.8 Å². The van der Waals surface area contributed by atoms with E-state index in [1.54, 1.807) is 0 Å². The molecule has 0 unspecified atom stereocenters. The smallest absolute Gasteiger partial charge is 0.262 e. The number of carbonyl (C=O) groups is 1. The minimum atomic E-state index is -0.516. The summed E-state index contributed by atoms with van der Waals surface area (Å²) >= 11 is 0.759. The molecular formula is C19H15N3O3S. The fraction of sp³-hybridized carbons (Fsp3) is 0.105. The van der Waals surface area contributed by atoms with Gasteiger partial charge in [-0.25, -0.2) is 0 Å². The Morgan fingerprint density at radius 2 is 2.04 bits per heavy atom. The Bertz CT molecular complexity index is 912. The van der Waals surface area contributed by atoms with Crippen LogP contribution in [0.5, 0.6) is 11.5 Å². The lowest BCUT2D eigenvalue weighted by Crippen LogP contribution is -2.23. The van der Waals surface area contributed by atoms with E-state index in [0.29, 0.717) is 12.1 Å². The predicted octanol–water partition coefficient (Wildman–Crippen LogP) is 3.20. The first-order valence-electron chi connectivity index (χ1n) is 7.50. The number of nitrogens with one attached hydrogen (secondary N) is 1. The molecular weight excluding hydrogens is 350 g/mol. The van der Waals surface area contributed by atoms with Crippen molar-refractivity contribution in [2.75, 3.05) is 7.11 Å². The fourth-order valence-electron chi connectivity index (χ4n) is 2.16. The first-order valence-corrected chi connectivity index (χ1v) is 8.31. The van der Waals surface area contributed by atoms with E-state index in [9.17, 15) is 15.2 Å². The molecule has 2 aromatic carbocycles. The fourth-order valence-corrected chi connectivity index (χ4v) is 2.65. The van der Waals surface area contributed by atoms with Gasteiger partial charge in [-0.2, -0.15) is 10.5 Å². The molecule has 0 spiro atoms. The molecule has 130 valence electrons. The van der Waals surface area contributed by atoms with Crippen molar-refractivity contribution >= 4 is 23.7 Å². The SMILES string of the molecule is COc1cc(/C=C(/C#N)C(=O)NCc2ccccc2)cc(SC#N)c1O. The van der Waals surface area contributed by atoms with Gasteiger partial charge in [0.05, 0.1) is 12.0 Å². The molecule has 0 fully saturated rings. The lowest BCUT2D eigenvalue weighted by Gasteiger charge is -2.09. The molecule has 0 atom stereocenters. The summed E-state index contributed by atoms with van der Waals surface area (Å²) in [6, 6.07) is 14.2. The van der Waals surface area contributed by atoms with Gasteiger partial charge in [0.2, 0.25) is 0 Å². The third-order valence-corrected chi connectivity index (χ3v) is 4.03. The van der Waals surface area contributed by atoms with E-state index >= 15 is 0 Å². The summed E-state index contributed by atoms with van der Waals surface area (Å²) in [6.45, 7) is 0.299. The van der Waals surface area contributed by atoms with Crippen LogP contribution in [0.3, 0.4) is 0 Å². The molecule has 0 aromatic heterocycles. The van der Waals surface area contributed by atoms with Crippen LogP contribution in [0, 0.1) is 22.0 Å². The highest BCUT2D eigenvalue weighted by Gasteiger charge is 2.13. The standard InChI is InChI=1S/C19H15N3O3S/c1-25-16-8-14(9-17(18(16)23)26-12-21)7-15(10-20)19(24)22-11-13-5-3-2-4-6-13/h2-9,23H,11H2,1H3,(H,22,24)/b15-7-. The average molecular weight is 365 g/mol. The summed E-state index contributed by atoms with van der Waals surface area (Å²) in [4.78, 5) is 12.5. The second-order valence-corrected chi connectivity index (χ2v) is 5.93. The van der Waals surface area contributed by atoms with Crippen molar-refractivity contribution < 1.29 is 14.6 Å². The van der Waals surface area contributed by atoms with Gasteiger partial charge >= 0.3 is 0 Å². The van der Waals surface area contributed by atoms with E-state index in [0.717, 1.165) is 17.3 Å². The zero-order valence-electron chi connectivity index (χ0n) is 13.9. The highest BCUT2D eigenvalue weighted by molar-refractivity contribution is 8.03. The van der Waals surface area contributed by atoms with Gasteiger partial charge in [0.1, 0.15) is 17.0 Å². The molecule has 2 aromatic rings. The van der Waals surface area contributed by atoms with Gasteiger partial charge in [-0.15, -0.1) is 0 Å². The van der Waals surface area contributed by atoms with E-state index in [4.69, 9.17) is 10.00 Å². The molecule has 2 rings (SSSR count). The molecule has 0 radical (unpaired) electrons. The van der Waals surface area contributed by atoms with Crippen molar-refractivity contribution in [3.05, 3.63) is 59.2 Å². The lowest BCUT2D eigenvalue weighted by atomic mass is 10.1. The molecule has 0 aliphatic heterocycles. The maximum atomic E-state index is 12.2. The number of ether oxygens (including phenoxy) is 1. The van der Waals surface area contributed by atoms with Gasteiger partial charge in [0, 0.05) is 6.54 Å². The number of thioether (sulfide) groups is 1. The molecule has 1 amide bonds. The Balaban J connectivity index is 2.25. The van der Waals surface area contributed by atoms with Crippen LogP contribution in [0.1, 0.15) is 11.1 Å². The first-order chi connectivity index (χ1) is 12.6. The molecule has 0 aliphatic carbocycles. The molecule has 0 saturated heterocycles. The third-order valence-electron chi connectivity index (χ3n) is 3.41. The minimum Gasteiger partial charge on any atom is -0.503 e. The van der Waals surface area contributed by atoms with Crippen LogP contribution < -0.4 is 10.1 Å². The summed E-state index contributed by atoms with van der Waals surface area (Å²) < 4.78 is 5.07. The summed E-state index contributed by atoms with van der Waals surface area (Å²) in [5.74, 6) is -0.528. The predicted molar refractivity (Wildman–Crippen MR) is 98.0 cm³/mol. The Hall–Kier alpha value is -3.42. The van der Waals surface area contributed by atoms with Gasteiger partial charge < -0.3 is 15.2 Å². The van der Waals surface area contributed by atoms with Crippen LogP contribution in [-0.4, -0.2) is 18.1 Å². The Morgan fingerprint density at radius 1 is 1.31 bits per heavy atom. The zero-order chi connectivity index (χ0) is 18.9. The third kappa shape index (κ3) is 4.79. The van der Waals surface area contributed by atoms with Crippen molar-refractivity contribution in [3.63, 3.8) is 0 Å². The van der Waals surface area contributed by atoms with Gasteiger partial charge in [-0.3, -0.25) is 4.79 Å². The van der Waals surface area contributed by atoms with Crippen molar-refractivity contribution in [2.45, 2.75) is 11.4 Å². The highest BCUT2D eigenvalue weighted by atomic mass is 32.2. The molecule has 0 heterocycles. The highest BCUT2D eigenvalue weighted by Crippen LogP contribution is 2.38. The number of carbonyl (C=O) groups excluding carboxylic acids is 1. The maximum Gasteiger partial charge on any atom is 0.262 e. The van der Waals surface area contributed by atoms with Crippen molar-refractivity contribution in [1.82, 2.24) is 5.32 Å². The van der Waals surface area contributed by atoms with Gasteiger partial charge in [0.15, 0.2) is 11.5 Å². The van der Waals surface area contributed by atoms with Crippen molar-refractivity contribution in [1.29, 1.82) is 10.5 Å². The second-order valence-electron chi connectivity index (χ2n) is 5.10. The Kier molecular flexibility index (Phi) is 6.67. The maximum absolute atomic E-state index is 12.2. The zero-order valence-corrected chi connectivity index (χ0v) is 14.7. The van der Waals surface area contributed by atoms with Crippen LogP contribution in [0.15, 0.2) is 52.9 Å². The van der Waals surface area contributed by atoms with E-state index < -0.39 is 5.91 Å². The largest absolute Gasteiger partial charge is 0.503 e. The van der Waals surface area contributed by atoms with E-state index in [1.165, 1.54) is 25.3 Å². The molecule has 2 N–H and O–H groups in total. The number of rotatable bonds is 6.